The first-order valence-corrected chi connectivity index (χ1v) is 8.76. The fourth-order valence-electron chi connectivity index (χ4n) is 3.89. The van der Waals surface area contributed by atoms with Gasteiger partial charge in [-0.3, -0.25) is 0 Å². The third kappa shape index (κ3) is 3.75. The Morgan fingerprint density at radius 3 is 2.55 bits per heavy atom. The Kier molecular flexibility index (Phi) is 6.79. The molecule has 3 heteroatoms. The first kappa shape index (κ1) is 16.3. The van der Waals surface area contributed by atoms with Crippen LogP contribution >= 0.6 is 0 Å². The molecule has 0 heterocycles. The normalized spacial score (nSPS) is 27.9. The Hall–Kier alpha value is -0.120. The molecule has 0 aliphatic heterocycles. The van der Waals surface area contributed by atoms with Crippen LogP contribution in [0.4, 0.5) is 0 Å². The smallest absolute Gasteiger partial charge is 0.0704 e. The zero-order chi connectivity index (χ0) is 14.3. The maximum Gasteiger partial charge on any atom is 0.0704 e. The van der Waals surface area contributed by atoms with E-state index in [0.717, 1.165) is 32.8 Å². The number of unbranched alkanes of at least 4 members (excludes halogenated alkanes) is 1. The van der Waals surface area contributed by atoms with Crippen molar-refractivity contribution >= 4 is 0 Å². The van der Waals surface area contributed by atoms with E-state index in [-0.39, 0.29) is 0 Å². The lowest BCUT2D eigenvalue weighted by Crippen LogP contribution is -2.62. The largest absolute Gasteiger partial charge is 0.379 e. The summed E-state index contributed by atoms with van der Waals surface area (Å²) in [5.74, 6) is 0. The van der Waals surface area contributed by atoms with Crippen LogP contribution in [0, 0.1) is 5.41 Å². The molecule has 0 saturated heterocycles. The summed E-state index contributed by atoms with van der Waals surface area (Å²) in [7, 11) is 0. The molecule has 2 unspecified atom stereocenters. The first-order chi connectivity index (χ1) is 9.83. The van der Waals surface area contributed by atoms with Crippen molar-refractivity contribution < 1.29 is 9.47 Å². The predicted molar refractivity (Wildman–Crippen MR) is 83.1 cm³/mol. The summed E-state index contributed by atoms with van der Waals surface area (Å²) < 4.78 is 11.7. The molecule has 0 bridgehead atoms. The van der Waals surface area contributed by atoms with Gasteiger partial charge in [-0.2, -0.15) is 0 Å². The van der Waals surface area contributed by atoms with E-state index in [2.05, 4.69) is 19.2 Å². The van der Waals surface area contributed by atoms with Crippen molar-refractivity contribution in [2.75, 3.05) is 26.4 Å². The van der Waals surface area contributed by atoms with Gasteiger partial charge < -0.3 is 14.8 Å². The highest BCUT2D eigenvalue weighted by atomic mass is 16.5. The van der Waals surface area contributed by atoms with Crippen LogP contribution in [0.5, 0.6) is 0 Å². The standard InChI is InChI=1S/C17H33NO2/c1-3-5-11-19-12-13-20-16-14-15(18-10-4-2)17(16)8-6-7-9-17/h15-16,18H,3-14H2,1-2H3. The zero-order valence-electron chi connectivity index (χ0n) is 13.5. The SMILES string of the molecule is CCCCOCCOC1CC(NCCC)C12CCCC2. The zero-order valence-corrected chi connectivity index (χ0v) is 13.5. The van der Waals surface area contributed by atoms with Crippen LogP contribution in [-0.4, -0.2) is 38.5 Å². The molecular weight excluding hydrogens is 250 g/mol. The third-order valence-electron chi connectivity index (χ3n) is 5.15. The molecule has 0 amide bonds. The molecule has 2 saturated carbocycles. The van der Waals surface area contributed by atoms with Crippen molar-refractivity contribution in [3.8, 4) is 0 Å². The van der Waals surface area contributed by atoms with Crippen LogP contribution in [-0.2, 0) is 9.47 Å². The highest BCUT2D eigenvalue weighted by Gasteiger charge is 2.56. The Labute approximate surface area is 124 Å². The second-order valence-corrected chi connectivity index (χ2v) is 6.51. The highest BCUT2D eigenvalue weighted by molar-refractivity contribution is 5.09. The number of rotatable bonds is 10. The average Bonchev–Trinajstić information content (AvgIpc) is 2.96. The minimum Gasteiger partial charge on any atom is -0.379 e. The molecule has 0 aromatic carbocycles. The second kappa shape index (κ2) is 8.35. The molecular formula is C17H33NO2. The Balaban J connectivity index is 1.67. The molecule has 1 spiro atoms. The van der Waals surface area contributed by atoms with E-state index in [1.807, 2.05) is 0 Å². The summed E-state index contributed by atoms with van der Waals surface area (Å²) >= 11 is 0. The quantitative estimate of drug-likeness (QED) is 0.622. The molecule has 118 valence electrons. The summed E-state index contributed by atoms with van der Waals surface area (Å²) in [4.78, 5) is 0. The van der Waals surface area contributed by atoms with Gasteiger partial charge in [0, 0.05) is 18.1 Å². The van der Waals surface area contributed by atoms with Gasteiger partial charge in [-0.25, -0.2) is 0 Å². The van der Waals surface area contributed by atoms with Gasteiger partial charge in [0.05, 0.1) is 19.3 Å². The molecule has 0 radical (unpaired) electrons. The molecule has 3 nitrogen and oxygen atoms in total. The van der Waals surface area contributed by atoms with Crippen molar-refractivity contribution in [1.29, 1.82) is 0 Å². The molecule has 20 heavy (non-hydrogen) atoms. The lowest BCUT2D eigenvalue weighted by Gasteiger charge is -2.54. The van der Waals surface area contributed by atoms with Gasteiger partial charge in [0.2, 0.25) is 0 Å². The molecule has 0 aromatic rings. The number of hydrogen-bond acceptors (Lipinski definition) is 3. The van der Waals surface area contributed by atoms with E-state index in [4.69, 9.17) is 9.47 Å². The van der Waals surface area contributed by atoms with Crippen LogP contribution in [0.15, 0.2) is 0 Å². The fraction of sp³-hybridized carbons (Fsp3) is 1.00. The van der Waals surface area contributed by atoms with Crippen LogP contribution in [0.3, 0.4) is 0 Å². The summed E-state index contributed by atoms with van der Waals surface area (Å²) in [5, 5.41) is 3.74. The average molecular weight is 283 g/mol. The van der Waals surface area contributed by atoms with E-state index < -0.39 is 0 Å². The van der Waals surface area contributed by atoms with Crippen LogP contribution in [0.1, 0.15) is 65.2 Å². The van der Waals surface area contributed by atoms with E-state index >= 15 is 0 Å². The third-order valence-corrected chi connectivity index (χ3v) is 5.15. The van der Waals surface area contributed by atoms with Gasteiger partial charge in [0.15, 0.2) is 0 Å². The first-order valence-electron chi connectivity index (χ1n) is 8.76. The number of nitrogens with one attached hydrogen (secondary N) is 1. The maximum atomic E-state index is 6.14. The molecule has 2 aliphatic rings. The minimum atomic E-state index is 0.457. The lowest BCUT2D eigenvalue weighted by atomic mass is 9.60. The number of hydrogen-bond donors (Lipinski definition) is 1. The minimum absolute atomic E-state index is 0.457. The van der Waals surface area contributed by atoms with Gasteiger partial charge in [-0.1, -0.05) is 33.1 Å². The Bertz CT molecular complexity index is 264. The van der Waals surface area contributed by atoms with Crippen molar-refractivity contribution in [1.82, 2.24) is 5.32 Å². The van der Waals surface area contributed by atoms with Crippen LogP contribution < -0.4 is 5.32 Å². The van der Waals surface area contributed by atoms with E-state index in [0.29, 0.717) is 17.6 Å². The molecule has 2 fully saturated rings. The summed E-state index contributed by atoms with van der Waals surface area (Å²) in [5.41, 5.74) is 0.457. The van der Waals surface area contributed by atoms with Gasteiger partial charge in [-0.05, 0) is 38.6 Å². The topological polar surface area (TPSA) is 30.5 Å². The van der Waals surface area contributed by atoms with Gasteiger partial charge in [0.1, 0.15) is 0 Å². The van der Waals surface area contributed by atoms with Crippen molar-refractivity contribution in [3.63, 3.8) is 0 Å². The van der Waals surface area contributed by atoms with Crippen LogP contribution in [0.25, 0.3) is 0 Å². The van der Waals surface area contributed by atoms with Crippen molar-refractivity contribution in [2.24, 2.45) is 5.41 Å². The summed E-state index contributed by atoms with van der Waals surface area (Å²) in [6.45, 7) is 8.02. The maximum absolute atomic E-state index is 6.14. The predicted octanol–water partition coefficient (Wildman–Crippen LogP) is 3.52. The Morgan fingerprint density at radius 1 is 1.05 bits per heavy atom. The van der Waals surface area contributed by atoms with Gasteiger partial charge in [0.25, 0.3) is 0 Å². The van der Waals surface area contributed by atoms with E-state index in [1.165, 1.54) is 44.9 Å². The van der Waals surface area contributed by atoms with E-state index in [1.54, 1.807) is 0 Å². The van der Waals surface area contributed by atoms with Gasteiger partial charge in [-0.15, -0.1) is 0 Å². The molecule has 2 rings (SSSR count). The summed E-state index contributed by atoms with van der Waals surface area (Å²) in [6, 6.07) is 0.705. The van der Waals surface area contributed by atoms with Gasteiger partial charge >= 0.3 is 0 Å². The van der Waals surface area contributed by atoms with Crippen molar-refractivity contribution in [2.45, 2.75) is 77.4 Å². The van der Waals surface area contributed by atoms with Crippen LogP contribution in [0.2, 0.25) is 0 Å². The highest BCUT2D eigenvalue weighted by Crippen LogP contribution is 2.54. The summed E-state index contributed by atoms with van der Waals surface area (Å²) in [6.07, 6.45) is 10.8. The molecule has 2 atom stereocenters. The molecule has 1 N–H and O–H groups in total. The van der Waals surface area contributed by atoms with E-state index in [9.17, 15) is 0 Å². The Morgan fingerprint density at radius 2 is 1.85 bits per heavy atom. The molecule has 2 aliphatic carbocycles. The second-order valence-electron chi connectivity index (χ2n) is 6.51. The monoisotopic (exact) mass is 283 g/mol. The lowest BCUT2D eigenvalue weighted by molar-refractivity contribution is -0.141. The molecule has 0 aromatic heterocycles. The van der Waals surface area contributed by atoms with Crippen molar-refractivity contribution in [3.05, 3.63) is 0 Å². The fourth-order valence-corrected chi connectivity index (χ4v) is 3.89. The number of ether oxygens (including phenoxy) is 2.